The van der Waals surface area contributed by atoms with E-state index in [1.54, 1.807) is 0 Å². The van der Waals surface area contributed by atoms with E-state index in [0.29, 0.717) is 17.1 Å². The van der Waals surface area contributed by atoms with Crippen LogP contribution in [0.1, 0.15) is 10.6 Å². The maximum Gasteiger partial charge on any atom is 0.416 e. The lowest BCUT2D eigenvalue weighted by Gasteiger charge is -2.04. The van der Waals surface area contributed by atoms with Gasteiger partial charge in [-0.3, -0.25) is 11.3 Å². The molecule has 16 heavy (non-hydrogen) atoms. The summed E-state index contributed by atoms with van der Waals surface area (Å²) in [6.45, 7) is 0.348. The Labute approximate surface area is 93.1 Å². The first-order valence-electron chi connectivity index (χ1n) is 4.41. The Morgan fingerprint density at radius 3 is 2.75 bits per heavy atom. The molecule has 3 nitrogen and oxygen atoms in total. The van der Waals surface area contributed by atoms with Crippen LogP contribution in [-0.4, -0.2) is 4.98 Å². The second-order valence-corrected chi connectivity index (χ2v) is 4.28. The molecule has 86 valence electrons. The number of hydrogen-bond donors (Lipinski definition) is 2. The number of hydrazine groups is 1. The van der Waals surface area contributed by atoms with E-state index >= 15 is 0 Å². The Morgan fingerprint density at radius 2 is 2.12 bits per heavy atom. The molecule has 0 saturated heterocycles. The summed E-state index contributed by atoms with van der Waals surface area (Å²) >= 11 is 1.32. The number of fused-ring (bicyclic) bond motifs is 1. The fourth-order valence-corrected chi connectivity index (χ4v) is 2.21. The summed E-state index contributed by atoms with van der Waals surface area (Å²) in [6.07, 6.45) is -4.33. The number of halogens is 3. The number of nitrogens with two attached hydrogens (primary N) is 1. The molecule has 0 aliphatic carbocycles. The average molecular weight is 247 g/mol. The second-order valence-electron chi connectivity index (χ2n) is 3.17. The lowest BCUT2D eigenvalue weighted by atomic mass is 10.2. The quantitative estimate of drug-likeness (QED) is 0.632. The largest absolute Gasteiger partial charge is 0.416 e. The van der Waals surface area contributed by atoms with Crippen molar-refractivity contribution in [3.05, 3.63) is 28.8 Å². The highest BCUT2D eigenvalue weighted by atomic mass is 32.1. The van der Waals surface area contributed by atoms with Crippen molar-refractivity contribution in [2.45, 2.75) is 12.7 Å². The minimum absolute atomic E-state index is 0.348. The van der Waals surface area contributed by atoms with Gasteiger partial charge in [0.25, 0.3) is 0 Å². The Kier molecular flexibility index (Phi) is 2.83. The molecule has 0 fully saturated rings. The third kappa shape index (κ3) is 2.16. The fraction of sp³-hybridized carbons (Fsp3) is 0.222. The molecular weight excluding hydrogens is 239 g/mol. The van der Waals surface area contributed by atoms with Crippen LogP contribution in [0.15, 0.2) is 18.2 Å². The lowest BCUT2D eigenvalue weighted by molar-refractivity contribution is -0.137. The molecular formula is C9H8F3N3S. The third-order valence-corrected chi connectivity index (χ3v) is 3.05. The van der Waals surface area contributed by atoms with Crippen molar-refractivity contribution >= 4 is 21.6 Å². The van der Waals surface area contributed by atoms with E-state index in [4.69, 9.17) is 5.84 Å². The van der Waals surface area contributed by atoms with E-state index in [1.165, 1.54) is 17.4 Å². The SMILES string of the molecule is NNCc1nc2cc(C(F)(F)F)ccc2s1. The molecule has 1 aromatic heterocycles. The van der Waals surface area contributed by atoms with E-state index in [0.717, 1.165) is 16.8 Å². The number of nitrogens with one attached hydrogen (secondary N) is 1. The highest BCUT2D eigenvalue weighted by Gasteiger charge is 2.30. The van der Waals surface area contributed by atoms with Gasteiger partial charge in [0.2, 0.25) is 0 Å². The maximum absolute atomic E-state index is 12.4. The lowest BCUT2D eigenvalue weighted by Crippen LogP contribution is -2.20. The van der Waals surface area contributed by atoms with Crippen LogP contribution in [0.2, 0.25) is 0 Å². The van der Waals surface area contributed by atoms with Crippen molar-refractivity contribution in [1.82, 2.24) is 10.4 Å². The minimum atomic E-state index is -4.33. The van der Waals surface area contributed by atoms with Gasteiger partial charge in [0.1, 0.15) is 5.01 Å². The number of rotatable bonds is 2. The molecule has 0 spiro atoms. The zero-order valence-electron chi connectivity index (χ0n) is 8.01. The van der Waals surface area contributed by atoms with E-state index in [1.807, 2.05) is 0 Å². The monoisotopic (exact) mass is 247 g/mol. The van der Waals surface area contributed by atoms with Crippen LogP contribution in [0.4, 0.5) is 13.2 Å². The van der Waals surface area contributed by atoms with Gasteiger partial charge in [0, 0.05) is 0 Å². The fourth-order valence-electron chi connectivity index (χ4n) is 1.31. The smallest absolute Gasteiger partial charge is 0.271 e. The van der Waals surface area contributed by atoms with Gasteiger partial charge in [0.15, 0.2) is 0 Å². The van der Waals surface area contributed by atoms with Gasteiger partial charge in [-0.2, -0.15) is 13.2 Å². The van der Waals surface area contributed by atoms with Crippen LogP contribution in [0.25, 0.3) is 10.2 Å². The summed E-state index contributed by atoms with van der Waals surface area (Å²) in [5, 5.41) is 0.664. The van der Waals surface area contributed by atoms with Gasteiger partial charge in [-0.15, -0.1) is 11.3 Å². The van der Waals surface area contributed by atoms with Crippen molar-refractivity contribution in [3.63, 3.8) is 0 Å². The summed E-state index contributed by atoms with van der Waals surface area (Å²) in [7, 11) is 0. The van der Waals surface area contributed by atoms with Crippen molar-refractivity contribution in [3.8, 4) is 0 Å². The summed E-state index contributed by atoms with van der Waals surface area (Å²) < 4.78 is 38.0. The normalized spacial score (nSPS) is 12.2. The summed E-state index contributed by atoms with van der Waals surface area (Å²) in [4.78, 5) is 4.05. The van der Waals surface area contributed by atoms with Crippen LogP contribution >= 0.6 is 11.3 Å². The van der Waals surface area contributed by atoms with Crippen LogP contribution in [0.5, 0.6) is 0 Å². The molecule has 0 radical (unpaired) electrons. The van der Waals surface area contributed by atoms with Gasteiger partial charge >= 0.3 is 6.18 Å². The molecule has 2 aromatic rings. The number of hydrogen-bond acceptors (Lipinski definition) is 4. The van der Waals surface area contributed by atoms with E-state index < -0.39 is 11.7 Å². The second kappa shape index (κ2) is 4.00. The Balaban J connectivity index is 2.46. The van der Waals surface area contributed by atoms with E-state index in [9.17, 15) is 13.2 Å². The number of benzene rings is 1. The summed E-state index contributed by atoms with van der Waals surface area (Å²) in [5.41, 5.74) is 2.08. The molecule has 0 aliphatic heterocycles. The zero-order valence-corrected chi connectivity index (χ0v) is 8.82. The number of alkyl halides is 3. The Morgan fingerprint density at radius 1 is 1.38 bits per heavy atom. The molecule has 0 unspecified atom stereocenters. The number of thiazole rings is 1. The Bertz CT molecular complexity index is 506. The third-order valence-electron chi connectivity index (χ3n) is 2.01. The van der Waals surface area contributed by atoms with Crippen LogP contribution in [0, 0.1) is 0 Å². The number of aromatic nitrogens is 1. The minimum Gasteiger partial charge on any atom is -0.271 e. The molecule has 0 bridgehead atoms. The molecule has 0 amide bonds. The van der Waals surface area contributed by atoms with Gasteiger partial charge < -0.3 is 0 Å². The standard InChI is InChI=1S/C9H8F3N3S/c10-9(11,12)5-1-2-7-6(3-5)15-8(16-7)4-14-13/h1-3,14H,4,13H2. The topological polar surface area (TPSA) is 50.9 Å². The first kappa shape index (κ1) is 11.3. The molecule has 1 aromatic carbocycles. The van der Waals surface area contributed by atoms with Crippen LogP contribution in [0.3, 0.4) is 0 Å². The first-order chi connectivity index (χ1) is 7.50. The Hall–Kier alpha value is -1.18. The van der Waals surface area contributed by atoms with Crippen molar-refractivity contribution in [2.24, 2.45) is 5.84 Å². The van der Waals surface area contributed by atoms with Gasteiger partial charge in [-0.25, -0.2) is 4.98 Å². The molecule has 1 heterocycles. The predicted octanol–water partition coefficient (Wildman–Crippen LogP) is 2.28. The van der Waals surface area contributed by atoms with Crippen molar-refractivity contribution < 1.29 is 13.2 Å². The molecule has 0 atom stereocenters. The summed E-state index contributed by atoms with van der Waals surface area (Å²) in [5.74, 6) is 5.12. The predicted molar refractivity (Wildman–Crippen MR) is 55.6 cm³/mol. The van der Waals surface area contributed by atoms with E-state index in [2.05, 4.69) is 10.4 Å². The highest BCUT2D eigenvalue weighted by Crippen LogP contribution is 2.32. The van der Waals surface area contributed by atoms with Gasteiger partial charge in [-0.05, 0) is 18.2 Å². The molecule has 0 saturated carbocycles. The molecule has 7 heteroatoms. The van der Waals surface area contributed by atoms with Crippen molar-refractivity contribution in [1.29, 1.82) is 0 Å². The highest BCUT2D eigenvalue weighted by molar-refractivity contribution is 7.18. The molecule has 2 rings (SSSR count). The maximum atomic E-state index is 12.4. The molecule has 3 N–H and O–H groups in total. The zero-order chi connectivity index (χ0) is 11.8. The first-order valence-corrected chi connectivity index (χ1v) is 5.22. The van der Waals surface area contributed by atoms with Crippen LogP contribution < -0.4 is 11.3 Å². The van der Waals surface area contributed by atoms with Crippen LogP contribution in [-0.2, 0) is 12.7 Å². The van der Waals surface area contributed by atoms with Crippen molar-refractivity contribution in [2.75, 3.05) is 0 Å². The van der Waals surface area contributed by atoms with E-state index in [-0.39, 0.29) is 0 Å². The summed E-state index contributed by atoms with van der Waals surface area (Å²) in [6, 6.07) is 3.53. The van der Waals surface area contributed by atoms with Gasteiger partial charge in [0.05, 0.1) is 22.3 Å². The average Bonchev–Trinajstić information content (AvgIpc) is 2.57. The molecule has 0 aliphatic rings. The van der Waals surface area contributed by atoms with Gasteiger partial charge in [-0.1, -0.05) is 0 Å². The number of nitrogens with zero attached hydrogens (tertiary/aromatic N) is 1.